The van der Waals surface area contributed by atoms with E-state index in [9.17, 15) is 4.79 Å². The average molecular weight is 378 g/mol. The molecule has 0 atom stereocenters. The second-order valence-corrected chi connectivity index (χ2v) is 5.94. The Bertz CT molecular complexity index is 951. The van der Waals surface area contributed by atoms with Crippen LogP contribution in [-0.4, -0.2) is 35.8 Å². The highest BCUT2D eigenvalue weighted by atomic mass is 16.5. The molecule has 0 aliphatic rings. The van der Waals surface area contributed by atoms with Crippen LogP contribution in [0.2, 0.25) is 0 Å². The maximum atomic E-state index is 11.4. The lowest BCUT2D eigenvalue weighted by molar-refractivity contribution is 0.152. The van der Waals surface area contributed by atoms with Gasteiger partial charge in [-0.2, -0.15) is 10.2 Å². The number of amides is 1. The number of hydrazone groups is 1. The summed E-state index contributed by atoms with van der Waals surface area (Å²) in [7, 11) is 1.62. The Hall–Kier alpha value is -3.61. The molecule has 0 bridgehead atoms. The topological polar surface area (TPSA) is 77.7 Å². The molecule has 3 aromatic rings. The molecule has 1 aromatic heterocycles. The van der Waals surface area contributed by atoms with Gasteiger partial charge in [0.25, 0.3) is 0 Å². The van der Waals surface area contributed by atoms with Crippen molar-refractivity contribution in [1.29, 1.82) is 0 Å². The van der Waals surface area contributed by atoms with E-state index in [4.69, 9.17) is 14.6 Å². The molecular weight excluding hydrogens is 356 g/mol. The molecule has 0 fully saturated rings. The Balaban J connectivity index is 1.90. The maximum absolute atomic E-state index is 11.4. The minimum absolute atomic E-state index is 0.283. The summed E-state index contributed by atoms with van der Waals surface area (Å²) < 4.78 is 12.0. The third-order valence-corrected chi connectivity index (χ3v) is 3.96. The number of carbonyl (C=O) groups excluding carboxylic acids is 1. The lowest BCUT2D eigenvalue weighted by Crippen LogP contribution is -2.18. The van der Waals surface area contributed by atoms with Gasteiger partial charge in [-0.3, -0.25) is 4.68 Å². The molecule has 7 nitrogen and oxygen atoms in total. The van der Waals surface area contributed by atoms with E-state index in [2.05, 4.69) is 10.5 Å². The fourth-order valence-corrected chi connectivity index (χ4v) is 2.70. The van der Waals surface area contributed by atoms with Crippen molar-refractivity contribution in [1.82, 2.24) is 15.2 Å². The van der Waals surface area contributed by atoms with E-state index in [0.717, 1.165) is 28.1 Å². The minimum Gasteiger partial charge on any atom is -0.497 e. The first-order valence-electron chi connectivity index (χ1n) is 8.91. The molecule has 0 radical (unpaired) electrons. The van der Waals surface area contributed by atoms with Gasteiger partial charge in [0.05, 0.1) is 26.5 Å². The molecule has 0 saturated heterocycles. The third-order valence-electron chi connectivity index (χ3n) is 3.96. The summed E-state index contributed by atoms with van der Waals surface area (Å²) in [5.74, 6) is 0.739. The molecule has 1 heterocycles. The normalized spacial score (nSPS) is 10.8. The fourth-order valence-electron chi connectivity index (χ4n) is 2.70. The molecule has 1 amide bonds. The van der Waals surface area contributed by atoms with E-state index >= 15 is 0 Å². The lowest BCUT2D eigenvalue weighted by Gasteiger charge is -2.03. The molecule has 0 aliphatic heterocycles. The number of nitrogens with one attached hydrogen (secondary N) is 1. The predicted molar refractivity (Wildman–Crippen MR) is 108 cm³/mol. The molecule has 7 heteroatoms. The predicted octanol–water partition coefficient (Wildman–Crippen LogP) is 3.69. The van der Waals surface area contributed by atoms with Crippen LogP contribution in [0.5, 0.6) is 5.75 Å². The largest absolute Gasteiger partial charge is 0.497 e. The molecule has 0 saturated carbocycles. The third kappa shape index (κ3) is 4.97. The Morgan fingerprint density at radius 2 is 2.04 bits per heavy atom. The molecule has 3 rings (SSSR count). The van der Waals surface area contributed by atoms with Crippen LogP contribution in [0.4, 0.5) is 4.79 Å². The zero-order valence-corrected chi connectivity index (χ0v) is 15.8. The quantitative estimate of drug-likeness (QED) is 0.502. The van der Waals surface area contributed by atoms with Crippen molar-refractivity contribution in [2.75, 3.05) is 13.7 Å². The standard InChI is InChI=1S/C21H22N4O3/c1-3-28-21(26)23-22-13-18-15-25(14-16-8-5-4-6-9-16)24-20(18)17-10-7-11-19(12-17)27-2/h4-13,15H,3,14H2,1-2H3,(H,23,26)/b22-13-. The first-order valence-corrected chi connectivity index (χ1v) is 8.91. The van der Waals surface area contributed by atoms with Crippen LogP contribution in [-0.2, 0) is 11.3 Å². The Morgan fingerprint density at radius 3 is 2.79 bits per heavy atom. The molecule has 1 N–H and O–H groups in total. The zero-order chi connectivity index (χ0) is 19.8. The first-order chi connectivity index (χ1) is 13.7. The van der Waals surface area contributed by atoms with Crippen molar-refractivity contribution in [2.24, 2.45) is 5.10 Å². The van der Waals surface area contributed by atoms with Gasteiger partial charge in [0.2, 0.25) is 0 Å². The molecule has 0 spiro atoms. The fraction of sp³-hybridized carbons (Fsp3) is 0.190. The van der Waals surface area contributed by atoms with E-state index in [1.165, 1.54) is 0 Å². The van der Waals surface area contributed by atoms with Crippen LogP contribution in [0.25, 0.3) is 11.3 Å². The van der Waals surface area contributed by atoms with Crippen molar-refractivity contribution in [3.8, 4) is 17.0 Å². The van der Waals surface area contributed by atoms with Gasteiger partial charge < -0.3 is 9.47 Å². The molecule has 0 unspecified atom stereocenters. The van der Waals surface area contributed by atoms with E-state index in [1.807, 2.05) is 65.5 Å². The SMILES string of the molecule is CCOC(=O)N/N=C\c1cn(Cc2ccccc2)nc1-c1cccc(OC)c1. The van der Waals surface area contributed by atoms with Crippen LogP contribution in [0.15, 0.2) is 65.9 Å². The summed E-state index contributed by atoms with van der Waals surface area (Å²) in [4.78, 5) is 11.4. The average Bonchev–Trinajstić information content (AvgIpc) is 3.11. The Kier molecular flexibility index (Phi) is 6.41. The number of aromatic nitrogens is 2. The first kappa shape index (κ1) is 19.2. The van der Waals surface area contributed by atoms with Crippen LogP contribution < -0.4 is 10.2 Å². The Labute approximate surface area is 163 Å². The Morgan fingerprint density at radius 1 is 1.21 bits per heavy atom. The van der Waals surface area contributed by atoms with Gasteiger partial charge in [0.1, 0.15) is 11.4 Å². The smallest absolute Gasteiger partial charge is 0.427 e. The highest BCUT2D eigenvalue weighted by Gasteiger charge is 2.11. The minimum atomic E-state index is -0.599. The highest BCUT2D eigenvalue weighted by molar-refractivity contribution is 5.89. The molecule has 144 valence electrons. The number of ether oxygens (including phenoxy) is 2. The summed E-state index contributed by atoms with van der Waals surface area (Å²) in [6.45, 7) is 2.64. The van der Waals surface area contributed by atoms with E-state index in [-0.39, 0.29) is 6.61 Å². The van der Waals surface area contributed by atoms with Gasteiger partial charge in [0, 0.05) is 17.3 Å². The van der Waals surface area contributed by atoms with Crippen molar-refractivity contribution >= 4 is 12.3 Å². The van der Waals surface area contributed by atoms with E-state index in [1.54, 1.807) is 20.2 Å². The van der Waals surface area contributed by atoms with Crippen LogP contribution in [0.1, 0.15) is 18.1 Å². The summed E-state index contributed by atoms with van der Waals surface area (Å²) in [6, 6.07) is 17.7. The second-order valence-electron chi connectivity index (χ2n) is 5.94. The van der Waals surface area contributed by atoms with Gasteiger partial charge in [-0.1, -0.05) is 42.5 Å². The van der Waals surface area contributed by atoms with Gasteiger partial charge in [-0.15, -0.1) is 0 Å². The van der Waals surface area contributed by atoms with Crippen molar-refractivity contribution in [3.63, 3.8) is 0 Å². The van der Waals surface area contributed by atoms with E-state index < -0.39 is 6.09 Å². The number of nitrogens with zero attached hydrogens (tertiary/aromatic N) is 3. The van der Waals surface area contributed by atoms with Gasteiger partial charge in [0.15, 0.2) is 0 Å². The zero-order valence-electron chi connectivity index (χ0n) is 15.8. The van der Waals surface area contributed by atoms with Gasteiger partial charge in [-0.05, 0) is 24.6 Å². The second kappa shape index (κ2) is 9.36. The van der Waals surface area contributed by atoms with Crippen LogP contribution >= 0.6 is 0 Å². The molecule has 0 aliphatic carbocycles. The summed E-state index contributed by atoms with van der Waals surface area (Å²) in [5.41, 5.74) is 5.87. The van der Waals surface area contributed by atoms with Gasteiger partial charge >= 0.3 is 6.09 Å². The highest BCUT2D eigenvalue weighted by Crippen LogP contribution is 2.25. The summed E-state index contributed by atoms with van der Waals surface area (Å²) in [6.07, 6.45) is 2.84. The van der Waals surface area contributed by atoms with Crippen LogP contribution in [0.3, 0.4) is 0 Å². The van der Waals surface area contributed by atoms with Crippen molar-refractivity contribution in [2.45, 2.75) is 13.5 Å². The summed E-state index contributed by atoms with van der Waals surface area (Å²) >= 11 is 0. The molecule has 2 aromatic carbocycles. The number of hydrogen-bond donors (Lipinski definition) is 1. The number of rotatable bonds is 7. The van der Waals surface area contributed by atoms with Gasteiger partial charge in [-0.25, -0.2) is 10.2 Å². The monoisotopic (exact) mass is 378 g/mol. The summed E-state index contributed by atoms with van der Waals surface area (Å²) in [5, 5.41) is 8.69. The number of carbonyl (C=O) groups is 1. The number of hydrogen-bond acceptors (Lipinski definition) is 5. The van der Waals surface area contributed by atoms with Crippen molar-refractivity contribution in [3.05, 3.63) is 71.9 Å². The van der Waals surface area contributed by atoms with E-state index in [0.29, 0.717) is 6.54 Å². The molecular formula is C21H22N4O3. The number of benzene rings is 2. The molecule has 28 heavy (non-hydrogen) atoms. The van der Waals surface area contributed by atoms with Crippen molar-refractivity contribution < 1.29 is 14.3 Å². The van der Waals surface area contributed by atoms with Crippen LogP contribution in [0, 0.1) is 0 Å². The number of methoxy groups -OCH3 is 1. The lowest BCUT2D eigenvalue weighted by atomic mass is 10.1. The maximum Gasteiger partial charge on any atom is 0.427 e.